The molecular formula is C25H25F2N3O3S. The van der Waals surface area contributed by atoms with Gasteiger partial charge >= 0.3 is 0 Å². The Hall–Kier alpha value is -3.14. The van der Waals surface area contributed by atoms with Crippen molar-refractivity contribution in [1.29, 1.82) is 0 Å². The van der Waals surface area contributed by atoms with E-state index in [4.69, 9.17) is 0 Å². The minimum Gasteiger partial charge on any atom is -0.324 e. The number of nitrogens with zero attached hydrogens (tertiary/aromatic N) is 2. The monoisotopic (exact) mass is 485 g/mol. The van der Waals surface area contributed by atoms with Crippen LogP contribution in [0.3, 0.4) is 0 Å². The molecule has 0 aliphatic carbocycles. The maximum absolute atomic E-state index is 14.1. The first-order valence-corrected chi connectivity index (χ1v) is 12.4. The maximum Gasteiger partial charge on any atom is 0.249 e. The Bertz CT molecular complexity index is 1260. The van der Waals surface area contributed by atoms with E-state index in [2.05, 4.69) is 5.32 Å². The molecule has 1 aliphatic rings. The van der Waals surface area contributed by atoms with E-state index in [-0.39, 0.29) is 32.1 Å². The van der Waals surface area contributed by atoms with Crippen LogP contribution in [0.25, 0.3) is 11.1 Å². The molecule has 1 heterocycles. The number of halogens is 2. The van der Waals surface area contributed by atoms with Crippen LogP contribution in [0.15, 0.2) is 77.7 Å². The molecule has 1 aliphatic heterocycles. The molecular weight excluding hydrogens is 460 g/mol. The van der Waals surface area contributed by atoms with Crippen LogP contribution in [0, 0.1) is 11.6 Å². The summed E-state index contributed by atoms with van der Waals surface area (Å²) in [5.74, 6) is -2.46. The summed E-state index contributed by atoms with van der Waals surface area (Å²) in [5.41, 5.74) is 2.55. The number of anilines is 1. The molecule has 0 unspecified atom stereocenters. The lowest BCUT2D eigenvalue weighted by molar-refractivity contribution is -0.121. The molecule has 1 saturated heterocycles. The third-order valence-electron chi connectivity index (χ3n) is 5.99. The predicted molar refractivity (Wildman–Crippen MR) is 127 cm³/mol. The zero-order chi connectivity index (χ0) is 24.3. The molecule has 1 amide bonds. The third-order valence-corrected chi connectivity index (χ3v) is 7.94. The highest BCUT2D eigenvalue weighted by molar-refractivity contribution is 7.89. The Morgan fingerprint density at radius 1 is 0.853 bits per heavy atom. The van der Waals surface area contributed by atoms with Crippen molar-refractivity contribution in [3.8, 4) is 11.1 Å². The van der Waals surface area contributed by atoms with Crippen molar-refractivity contribution in [2.75, 3.05) is 31.5 Å². The number of benzene rings is 3. The summed E-state index contributed by atoms with van der Waals surface area (Å²) >= 11 is 0. The van der Waals surface area contributed by atoms with Gasteiger partial charge in [-0.25, -0.2) is 17.2 Å². The number of carbonyl (C=O) groups is 1. The van der Waals surface area contributed by atoms with Crippen LogP contribution >= 0.6 is 0 Å². The fraction of sp³-hybridized carbons (Fsp3) is 0.240. The van der Waals surface area contributed by atoms with Crippen molar-refractivity contribution in [1.82, 2.24) is 9.21 Å². The van der Waals surface area contributed by atoms with E-state index in [1.807, 2.05) is 59.5 Å². The smallest absolute Gasteiger partial charge is 0.249 e. The van der Waals surface area contributed by atoms with Gasteiger partial charge in [-0.15, -0.1) is 0 Å². The Balaban J connectivity index is 1.43. The fourth-order valence-electron chi connectivity index (χ4n) is 4.05. The van der Waals surface area contributed by atoms with Crippen LogP contribution in [-0.4, -0.2) is 55.8 Å². The number of amides is 1. The number of rotatable bonds is 6. The number of para-hydroxylation sites is 1. The minimum atomic E-state index is -4.32. The van der Waals surface area contributed by atoms with Crippen molar-refractivity contribution in [3.63, 3.8) is 0 Å². The third kappa shape index (κ3) is 4.86. The first-order chi connectivity index (χ1) is 16.3. The number of nitrogens with one attached hydrogen (secondary N) is 1. The number of hydrogen-bond acceptors (Lipinski definition) is 4. The molecule has 178 valence electrons. The fourth-order valence-corrected chi connectivity index (χ4v) is 5.58. The van der Waals surface area contributed by atoms with Crippen molar-refractivity contribution in [2.45, 2.75) is 17.9 Å². The van der Waals surface area contributed by atoms with E-state index < -0.39 is 32.6 Å². The molecule has 6 nitrogen and oxygen atoms in total. The molecule has 4 rings (SSSR count). The molecule has 0 saturated carbocycles. The van der Waals surface area contributed by atoms with Crippen LogP contribution in [0.5, 0.6) is 0 Å². The topological polar surface area (TPSA) is 69.7 Å². The van der Waals surface area contributed by atoms with Gasteiger partial charge in [0.25, 0.3) is 0 Å². The molecule has 1 atom stereocenters. The van der Waals surface area contributed by atoms with Crippen LogP contribution in [0.2, 0.25) is 0 Å². The van der Waals surface area contributed by atoms with Crippen LogP contribution in [-0.2, 0) is 14.8 Å². The summed E-state index contributed by atoms with van der Waals surface area (Å²) in [7, 11) is -4.32. The SMILES string of the molecule is C[C@@H](C(=O)Nc1ccccc1-c1ccccc1)N1CCN(S(=O)(=O)c2c(F)cccc2F)CC1. The van der Waals surface area contributed by atoms with Crippen molar-refractivity contribution >= 4 is 21.6 Å². The van der Waals surface area contributed by atoms with E-state index in [0.717, 1.165) is 33.6 Å². The van der Waals surface area contributed by atoms with Gasteiger partial charge in [-0.2, -0.15) is 4.31 Å². The highest BCUT2D eigenvalue weighted by atomic mass is 32.2. The number of hydrogen-bond donors (Lipinski definition) is 1. The van der Waals surface area contributed by atoms with Crippen LogP contribution in [0.4, 0.5) is 14.5 Å². The molecule has 0 bridgehead atoms. The van der Waals surface area contributed by atoms with Gasteiger partial charge in [0.2, 0.25) is 15.9 Å². The molecule has 9 heteroatoms. The second kappa shape index (κ2) is 10.0. The molecule has 3 aromatic carbocycles. The van der Waals surface area contributed by atoms with Gasteiger partial charge < -0.3 is 5.32 Å². The quantitative estimate of drug-likeness (QED) is 0.574. The Kier molecular flexibility index (Phi) is 7.06. The highest BCUT2D eigenvalue weighted by Gasteiger charge is 2.35. The van der Waals surface area contributed by atoms with Gasteiger partial charge in [-0.1, -0.05) is 54.6 Å². The molecule has 0 aromatic heterocycles. The van der Waals surface area contributed by atoms with Crippen LogP contribution < -0.4 is 5.32 Å². The highest BCUT2D eigenvalue weighted by Crippen LogP contribution is 2.28. The van der Waals surface area contributed by atoms with E-state index in [1.165, 1.54) is 0 Å². The first-order valence-electron chi connectivity index (χ1n) is 10.9. The van der Waals surface area contributed by atoms with E-state index >= 15 is 0 Å². The Labute approximate surface area is 197 Å². The van der Waals surface area contributed by atoms with Gasteiger partial charge in [0.1, 0.15) is 11.6 Å². The Morgan fingerprint density at radius 2 is 1.44 bits per heavy atom. The van der Waals surface area contributed by atoms with E-state index in [0.29, 0.717) is 5.69 Å². The predicted octanol–water partition coefficient (Wildman–Crippen LogP) is 3.97. The summed E-state index contributed by atoms with van der Waals surface area (Å²) in [6.07, 6.45) is 0. The van der Waals surface area contributed by atoms with Gasteiger partial charge in [0.05, 0.1) is 6.04 Å². The number of piperazine rings is 1. The molecule has 0 radical (unpaired) electrons. The summed E-state index contributed by atoms with van der Waals surface area (Å²) in [6.45, 7) is 2.30. The van der Waals surface area contributed by atoms with Crippen molar-refractivity contribution < 1.29 is 22.0 Å². The number of carbonyl (C=O) groups excluding carboxylic acids is 1. The minimum absolute atomic E-state index is 0.0222. The lowest BCUT2D eigenvalue weighted by atomic mass is 10.0. The number of sulfonamides is 1. The summed E-state index contributed by atoms with van der Waals surface area (Å²) < 4.78 is 54.8. The van der Waals surface area contributed by atoms with Crippen LogP contribution in [0.1, 0.15) is 6.92 Å². The maximum atomic E-state index is 14.1. The van der Waals surface area contributed by atoms with Crippen molar-refractivity contribution in [2.24, 2.45) is 0 Å². The second-order valence-electron chi connectivity index (χ2n) is 8.07. The lowest BCUT2D eigenvalue weighted by Crippen LogP contribution is -2.54. The van der Waals surface area contributed by atoms with Crippen molar-refractivity contribution in [3.05, 3.63) is 84.4 Å². The normalized spacial score (nSPS) is 16.2. The molecule has 1 fully saturated rings. The Morgan fingerprint density at radius 3 is 2.09 bits per heavy atom. The van der Waals surface area contributed by atoms with E-state index in [9.17, 15) is 22.0 Å². The zero-order valence-corrected chi connectivity index (χ0v) is 19.4. The zero-order valence-electron chi connectivity index (χ0n) is 18.6. The molecule has 3 aromatic rings. The molecule has 1 N–H and O–H groups in total. The summed E-state index contributed by atoms with van der Waals surface area (Å²) in [5, 5.41) is 2.98. The van der Waals surface area contributed by atoms with Gasteiger partial charge in [-0.05, 0) is 30.7 Å². The summed E-state index contributed by atoms with van der Waals surface area (Å²) in [6, 6.07) is 19.7. The molecule has 34 heavy (non-hydrogen) atoms. The lowest BCUT2D eigenvalue weighted by Gasteiger charge is -2.36. The van der Waals surface area contributed by atoms with Gasteiger partial charge in [0.15, 0.2) is 4.90 Å². The van der Waals surface area contributed by atoms with Gasteiger partial charge in [-0.3, -0.25) is 9.69 Å². The first kappa shape index (κ1) is 24.0. The van der Waals surface area contributed by atoms with Gasteiger partial charge in [0, 0.05) is 37.4 Å². The summed E-state index contributed by atoms with van der Waals surface area (Å²) in [4.78, 5) is 13.9. The average Bonchev–Trinajstić information content (AvgIpc) is 2.84. The van der Waals surface area contributed by atoms with E-state index in [1.54, 1.807) is 6.92 Å². The standard InChI is InChI=1S/C25H25F2N3O3S/c1-18(25(31)28-23-13-6-5-10-20(23)19-8-3-2-4-9-19)29-14-16-30(17-15-29)34(32,33)24-21(26)11-7-12-22(24)27/h2-13,18H,14-17H2,1H3,(H,28,31)/t18-/m0/s1. The molecule has 0 spiro atoms. The average molecular weight is 486 g/mol. The second-order valence-corrected chi connectivity index (χ2v) is 9.94. The largest absolute Gasteiger partial charge is 0.324 e.